The third-order valence-corrected chi connectivity index (χ3v) is 2.37. The van der Waals surface area contributed by atoms with Crippen LogP contribution in [-0.4, -0.2) is 18.8 Å². The minimum atomic E-state index is 0. The fourth-order valence-electron chi connectivity index (χ4n) is 1.45. The van der Waals surface area contributed by atoms with Gasteiger partial charge in [0.2, 0.25) is 6.20 Å². The lowest BCUT2D eigenvalue weighted by molar-refractivity contribution is -0.731. The summed E-state index contributed by atoms with van der Waals surface area (Å²) in [5.41, 5.74) is 0. The minimum Gasteiger partial charge on any atom is -1.00 e. The predicted molar refractivity (Wildman–Crippen MR) is 54.1 cm³/mol. The molecule has 3 nitrogen and oxygen atoms in total. The first kappa shape index (κ1) is 14.2. The van der Waals surface area contributed by atoms with Crippen molar-refractivity contribution in [1.29, 1.82) is 0 Å². The number of nitrogens with zero attached hydrogens (tertiary/aromatic N) is 1. The molecular formula is C11H18ClNO2. The van der Waals surface area contributed by atoms with Crippen LogP contribution >= 0.6 is 0 Å². The molecule has 0 amide bonds. The first-order valence-electron chi connectivity index (χ1n) is 4.84. The highest BCUT2D eigenvalue weighted by molar-refractivity contribution is 5.12. The molecule has 0 aliphatic heterocycles. The second-order valence-corrected chi connectivity index (χ2v) is 3.68. The van der Waals surface area contributed by atoms with Gasteiger partial charge < -0.3 is 22.3 Å². The molecule has 1 N–H and O–H groups in total. The van der Waals surface area contributed by atoms with Crippen LogP contribution in [0.1, 0.15) is 19.9 Å². The van der Waals surface area contributed by atoms with E-state index in [2.05, 4.69) is 13.8 Å². The van der Waals surface area contributed by atoms with E-state index in [0.29, 0.717) is 5.92 Å². The van der Waals surface area contributed by atoms with Crippen molar-refractivity contribution in [2.24, 2.45) is 5.92 Å². The molecular weight excluding hydrogens is 214 g/mol. The summed E-state index contributed by atoms with van der Waals surface area (Å²) in [5, 5.41) is 9.25. The zero-order chi connectivity index (χ0) is 10.6. The number of aromatic nitrogens is 1. The Morgan fingerprint density at radius 3 is 2.60 bits per heavy atom. The van der Waals surface area contributed by atoms with Gasteiger partial charge >= 0.3 is 0 Å². The maximum atomic E-state index is 9.25. The van der Waals surface area contributed by atoms with Crippen LogP contribution in [0.3, 0.4) is 0 Å². The summed E-state index contributed by atoms with van der Waals surface area (Å²) in [6, 6.07) is 3.93. The highest BCUT2D eigenvalue weighted by atomic mass is 35.5. The Kier molecular flexibility index (Phi) is 6.29. The molecule has 1 rings (SSSR count). The van der Waals surface area contributed by atoms with E-state index in [1.54, 1.807) is 7.11 Å². The van der Waals surface area contributed by atoms with Gasteiger partial charge in [-0.1, -0.05) is 13.8 Å². The van der Waals surface area contributed by atoms with Gasteiger partial charge in [-0.3, -0.25) is 0 Å². The van der Waals surface area contributed by atoms with Crippen LogP contribution in [0.4, 0.5) is 0 Å². The quantitative estimate of drug-likeness (QED) is 0.619. The van der Waals surface area contributed by atoms with Crippen molar-refractivity contribution in [3.05, 3.63) is 24.5 Å². The lowest BCUT2D eigenvalue weighted by Crippen LogP contribution is -3.00. The minimum absolute atomic E-state index is 0. The fourth-order valence-corrected chi connectivity index (χ4v) is 1.45. The molecule has 86 valence electrons. The molecule has 0 radical (unpaired) electrons. The number of aliphatic hydroxyl groups excluding tert-OH is 1. The van der Waals surface area contributed by atoms with Gasteiger partial charge in [0.15, 0.2) is 18.0 Å². The highest BCUT2D eigenvalue weighted by Gasteiger charge is 2.21. The van der Waals surface area contributed by atoms with Gasteiger partial charge in [0.25, 0.3) is 0 Å². The lowest BCUT2D eigenvalue weighted by Gasteiger charge is -2.13. The Morgan fingerprint density at radius 2 is 2.13 bits per heavy atom. The Balaban J connectivity index is 0.00000196. The zero-order valence-electron chi connectivity index (χ0n) is 9.35. The maximum absolute atomic E-state index is 9.25. The molecule has 1 heterocycles. The summed E-state index contributed by atoms with van der Waals surface area (Å²) < 4.78 is 7.12. The van der Waals surface area contributed by atoms with Crippen LogP contribution < -0.4 is 21.7 Å². The normalized spacial score (nSPS) is 12.1. The Morgan fingerprint density at radius 1 is 1.47 bits per heavy atom. The number of aliphatic hydroxyl groups is 1. The van der Waals surface area contributed by atoms with Crippen molar-refractivity contribution in [1.82, 2.24) is 0 Å². The number of ether oxygens (including phenoxy) is 1. The molecule has 0 fully saturated rings. The summed E-state index contributed by atoms with van der Waals surface area (Å²) in [6.45, 7) is 4.33. The SMILES string of the molecule is COc1ccc[n+](C(CO)C(C)C)c1.[Cl-]. The van der Waals surface area contributed by atoms with E-state index in [4.69, 9.17) is 4.74 Å². The summed E-state index contributed by atoms with van der Waals surface area (Å²) in [4.78, 5) is 0. The van der Waals surface area contributed by atoms with Crippen LogP contribution in [0.15, 0.2) is 24.5 Å². The van der Waals surface area contributed by atoms with Crippen molar-refractivity contribution in [3.8, 4) is 5.75 Å². The van der Waals surface area contributed by atoms with Gasteiger partial charge in [-0.25, -0.2) is 0 Å². The number of methoxy groups -OCH3 is 1. The lowest BCUT2D eigenvalue weighted by atomic mass is 10.1. The van der Waals surface area contributed by atoms with E-state index < -0.39 is 0 Å². The molecule has 1 aromatic rings. The zero-order valence-corrected chi connectivity index (χ0v) is 10.1. The van der Waals surface area contributed by atoms with Crippen molar-refractivity contribution in [3.63, 3.8) is 0 Å². The second-order valence-electron chi connectivity index (χ2n) is 3.68. The third-order valence-electron chi connectivity index (χ3n) is 2.37. The van der Waals surface area contributed by atoms with E-state index >= 15 is 0 Å². The smallest absolute Gasteiger partial charge is 0.211 e. The number of hydrogen-bond donors (Lipinski definition) is 1. The summed E-state index contributed by atoms with van der Waals surface area (Å²) in [5.74, 6) is 1.21. The van der Waals surface area contributed by atoms with Crippen LogP contribution in [0, 0.1) is 5.92 Å². The molecule has 0 aliphatic rings. The molecule has 0 saturated carbocycles. The average molecular weight is 232 g/mol. The largest absolute Gasteiger partial charge is 1.00 e. The molecule has 0 aliphatic carbocycles. The molecule has 4 heteroatoms. The molecule has 0 saturated heterocycles. The maximum Gasteiger partial charge on any atom is 0.211 e. The molecule has 0 aromatic carbocycles. The van der Waals surface area contributed by atoms with E-state index in [-0.39, 0.29) is 25.1 Å². The highest BCUT2D eigenvalue weighted by Crippen LogP contribution is 2.12. The van der Waals surface area contributed by atoms with Gasteiger partial charge in [-0.15, -0.1) is 0 Å². The second kappa shape index (κ2) is 6.64. The van der Waals surface area contributed by atoms with Crippen molar-refractivity contribution in [2.45, 2.75) is 19.9 Å². The number of pyridine rings is 1. The third kappa shape index (κ3) is 3.68. The Bertz CT molecular complexity index is 292. The van der Waals surface area contributed by atoms with Crippen LogP contribution in [0.5, 0.6) is 5.75 Å². The van der Waals surface area contributed by atoms with Gasteiger partial charge in [0, 0.05) is 12.0 Å². The van der Waals surface area contributed by atoms with Crippen LogP contribution in [-0.2, 0) is 0 Å². The van der Waals surface area contributed by atoms with Crippen molar-refractivity contribution < 1.29 is 26.8 Å². The fraction of sp³-hybridized carbons (Fsp3) is 0.545. The van der Waals surface area contributed by atoms with Crippen molar-refractivity contribution >= 4 is 0 Å². The Hall–Kier alpha value is -0.800. The molecule has 1 aromatic heterocycles. The molecule has 0 bridgehead atoms. The summed E-state index contributed by atoms with van der Waals surface area (Å²) >= 11 is 0. The van der Waals surface area contributed by atoms with Gasteiger partial charge in [-0.2, -0.15) is 4.57 Å². The van der Waals surface area contributed by atoms with Crippen LogP contribution in [0.2, 0.25) is 0 Å². The standard InChI is InChI=1S/C11H18NO2.ClH/c1-9(2)11(8-13)12-6-4-5-10(7-12)14-3;/h4-7,9,11,13H,8H2,1-3H3;1H/q+1;/p-1. The number of halogens is 1. The average Bonchev–Trinajstić information content (AvgIpc) is 2.19. The summed E-state index contributed by atoms with van der Waals surface area (Å²) in [6.07, 6.45) is 3.85. The number of rotatable bonds is 4. The van der Waals surface area contributed by atoms with Gasteiger partial charge in [0.1, 0.15) is 6.61 Å². The molecule has 1 unspecified atom stereocenters. The first-order valence-corrected chi connectivity index (χ1v) is 4.84. The monoisotopic (exact) mass is 231 g/mol. The molecule has 15 heavy (non-hydrogen) atoms. The number of hydrogen-bond acceptors (Lipinski definition) is 2. The van der Waals surface area contributed by atoms with Crippen LogP contribution in [0.25, 0.3) is 0 Å². The van der Waals surface area contributed by atoms with Gasteiger partial charge in [0.05, 0.1) is 7.11 Å². The van der Waals surface area contributed by atoms with Crippen molar-refractivity contribution in [2.75, 3.05) is 13.7 Å². The van der Waals surface area contributed by atoms with E-state index in [0.717, 1.165) is 5.75 Å². The van der Waals surface area contributed by atoms with E-state index in [1.807, 2.05) is 29.1 Å². The first-order chi connectivity index (χ1) is 6.69. The molecule has 1 atom stereocenters. The Labute approximate surface area is 97.1 Å². The van der Waals surface area contributed by atoms with E-state index in [9.17, 15) is 5.11 Å². The summed E-state index contributed by atoms with van der Waals surface area (Å²) in [7, 11) is 1.64. The predicted octanol–water partition coefficient (Wildman–Crippen LogP) is -1.82. The molecule has 0 spiro atoms. The topological polar surface area (TPSA) is 33.3 Å². The van der Waals surface area contributed by atoms with Gasteiger partial charge in [-0.05, 0) is 6.07 Å². The van der Waals surface area contributed by atoms with E-state index in [1.165, 1.54) is 0 Å².